The van der Waals surface area contributed by atoms with Crippen LogP contribution in [-0.4, -0.2) is 53.9 Å². The fraction of sp³-hybridized carbons (Fsp3) is 0.524. The molecule has 7 heteroatoms. The average Bonchev–Trinajstić information content (AvgIpc) is 3.32. The third-order valence-corrected chi connectivity index (χ3v) is 5.67. The Morgan fingerprint density at radius 3 is 2.96 bits per heavy atom. The van der Waals surface area contributed by atoms with Crippen molar-refractivity contribution in [3.05, 3.63) is 47.8 Å². The summed E-state index contributed by atoms with van der Waals surface area (Å²) in [5, 5.41) is 7.90. The van der Waals surface area contributed by atoms with E-state index in [0.29, 0.717) is 11.8 Å². The van der Waals surface area contributed by atoms with Gasteiger partial charge >= 0.3 is 0 Å². The molecule has 1 fully saturated rings. The number of halogens is 1. The van der Waals surface area contributed by atoms with Crippen LogP contribution in [0.5, 0.6) is 5.75 Å². The Labute approximate surface area is 184 Å². The van der Waals surface area contributed by atoms with Crippen molar-refractivity contribution in [1.29, 1.82) is 0 Å². The van der Waals surface area contributed by atoms with Crippen LogP contribution in [0.15, 0.2) is 41.7 Å². The van der Waals surface area contributed by atoms with Crippen molar-refractivity contribution in [2.45, 2.75) is 25.2 Å². The van der Waals surface area contributed by atoms with Crippen LogP contribution in [0.1, 0.15) is 29.9 Å². The van der Waals surface area contributed by atoms with E-state index < -0.39 is 0 Å². The second-order valence-corrected chi connectivity index (χ2v) is 7.63. The highest BCUT2D eigenvalue weighted by Crippen LogP contribution is 2.32. The first-order valence-corrected chi connectivity index (χ1v) is 9.88. The van der Waals surface area contributed by atoms with Gasteiger partial charge in [-0.1, -0.05) is 18.2 Å². The van der Waals surface area contributed by atoms with E-state index in [2.05, 4.69) is 44.7 Å². The van der Waals surface area contributed by atoms with Crippen LogP contribution in [0, 0.1) is 5.92 Å². The molecule has 1 aromatic carbocycles. The van der Waals surface area contributed by atoms with E-state index in [0.717, 1.165) is 50.8 Å². The fourth-order valence-corrected chi connectivity index (χ4v) is 4.28. The van der Waals surface area contributed by atoms with Gasteiger partial charge < -0.3 is 15.0 Å². The van der Waals surface area contributed by atoms with Crippen LogP contribution >= 0.6 is 24.0 Å². The third kappa shape index (κ3) is 4.79. The number of aryl methyl sites for hydroxylation is 1. The summed E-state index contributed by atoms with van der Waals surface area (Å²) in [4.78, 5) is 6.93. The second kappa shape index (κ2) is 9.62. The summed E-state index contributed by atoms with van der Waals surface area (Å²) in [5.74, 6) is 3.19. The van der Waals surface area contributed by atoms with Crippen molar-refractivity contribution in [3.63, 3.8) is 0 Å². The van der Waals surface area contributed by atoms with Gasteiger partial charge in [0.05, 0.1) is 12.8 Å². The minimum Gasteiger partial charge on any atom is -0.493 e. The monoisotopic (exact) mass is 495 g/mol. The predicted molar refractivity (Wildman–Crippen MR) is 123 cm³/mol. The molecule has 0 amide bonds. The Balaban J connectivity index is 0.00000225. The van der Waals surface area contributed by atoms with Crippen LogP contribution < -0.4 is 10.1 Å². The van der Waals surface area contributed by atoms with Crippen LogP contribution in [0.25, 0.3) is 0 Å². The first-order chi connectivity index (χ1) is 13.2. The van der Waals surface area contributed by atoms with Gasteiger partial charge in [0, 0.05) is 45.8 Å². The zero-order valence-corrected chi connectivity index (χ0v) is 19.0. The SMILES string of the molecule is CN=C(NCC1CCOc2ccccc21)N1CCC(Cc2cnn(C)c2)C1.I. The van der Waals surface area contributed by atoms with Gasteiger partial charge in [-0.15, -0.1) is 24.0 Å². The molecule has 0 spiro atoms. The number of likely N-dealkylation sites (tertiary alicyclic amines) is 1. The topological polar surface area (TPSA) is 54.7 Å². The number of fused-ring (bicyclic) bond motifs is 1. The highest BCUT2D eigenvalue weighted by molar-refractivity contribution is 14.0. The molecule has 2 aliphatic rings. The van der Waals surface area contributed by atoms with E-state index in [-0.39, 0.29) is 24.0 Å². The summed E-state index contributed by atoms with van der Waals surface area (Å²) in [7, 11) is 3.86. The molecule has 2 aromatic rings. The standard InChI is InChI=1S/C21H29N5O.HI/c1-22-21(23-13-18-8-10-27-20-6-4-3-5-19(18)20)26-9-7-16(15-26)11-17-12-24-25(2)14-17;/h3-6,12,14,16,18H,7-11,13,15H2,1-2H3,(H,22,23);1H. The average molecular weight is 495 g/mol. The molecule has 6 nitrogen and oxygen atoms in total. The Morgan fingerprint density at radius 1 is 1.32 bits per heavy atom. The number of nitrogens with zero attached hydrogens (tertiary/aromatic N) is 4. The van der Waals surface area contributed by atoms with Crippen molar-refractivity contribution in [2.75, 3.05) is 33.3 Å². The maximum Gasteiger partial charge on any atom is 0.193 e. The first-order valence-electron chi connectivity index (χ1n) is 9.88. The number of aliphatic imine (C=N–C) groups is 1. The van der Waals surface area contributed by atoms with Gasteiger partial charge in [0.1, 0.15) is 5.75 Å². The number of rotatable bonds is 4. The molecule has 2 aliphatic heterocycles. The third-order valence-electron chi connectivity index (χ3n) is 5.67. The number of para-hydroxylation sites is 1. The zero-order valence-electron chi connectivity index (χ0n) is 16.7. The number of benzene rings is 1. The maximum absolute atomic E-state index is 5.78. The number of ether oxygens (including phenoxy) is 1. The van der Waals surface area contributed by atoms with E-state index >= 15 is 0 Å². The molecule has 0 bridgehead atoms. The van der Waals surface area contributed by atoms with Crippen molar-refractivity contribution < 1.29 is 4.74 Å². The largest absolute Gasteiger partial charge is 0.493 e. The summed E-state index contributed by atoms with van der Waals surface area (Å²) in [6.45, 7) is 3.81. The zero-order chi connectivity index (χ0) is 18.6. The normalized spacial score (nSPS) is 21.6. The van der Waals surface area contributed by atoms with Crippen molar-refractivity contribution in [3.8, 4) is 5.75 Å². The van der Waals surface area contributed by atoms with E-state index in [1.54, 1.807) is 0 Å². The summed E-state index contributed by atoms with van der Waals surface area (Å²) in [6.07, 6.45) is 7.45. The van der Waals surface area contributed by atoms with Crippen molar-refractivity contribution in [2.24, 2.45) is 18.0 Å². The molecule has 0 radical (unpaired) electrons. The smallest absolute Gasteiger partial charge is 0.193 e. The van der Waals surface area contributed by atoms with Gasteiger partial charge in [-0.05, 0) is 42.4 Å². The Morgan fingerprint density at radius 2 is 2.18 bits per heavy atom. The van der Waals surface area contributed by atoms with Crippen LogP contribution in [-0.2, 0) is 13.5 Å². The minimum atomic E-state index is 0. The van der Waals surface area contributed by atoms with Gasteiger partial charge in [-0.2, -0.15) is 5.10 Å². The lowest BCUT2D eigenvalue weighted by molar-refractivity contribution is 0.266. The van der Waals surface area contributed by atoms with Crippen molar-refractivity contribution in [1.82, 2.24) is 20.0 Å². The van der Waals surface area contributed by atoms with Crippen LogP contribution in [0.3, 0.4) is 0 Å². The molecular formula is C21H30IN5O. The molecule has 1 aromatic heterocycles. The summed E-state index contributed by atoms with van der Waals surface area (Å²) in [5.41, 5.74) is 2.63. The highest BCUT2D eigenvalue weighted by atomic mass is 127. The number of hydrogen-bond donors (Lipinski definition) is 1. The lowest BCUT2D eigenvalue weighted by Gasteiger charge is -2.28. The van der Waals surface area contributed by atoms with E-state index in [9.17, 15) is 0 Å². The molecule has 2 atom stereocenters. The lowest BCUT2D eigenvalue weighted by atomic mass is 9.93. The Kier molecular flexibility index (Phi) is 7.20. The van der Waals surface area contributed by atoms with Gasteiger partial charge in [-0.3, -0.25) is 9.67 Å². The summed E-state index contributed by atoms with van der Waals surface area (Å²) < 4.78 is 7.67. The Bertz CT molecular complexity index is 806. The predicted octanol–water partition coefficient (Wildman–Crippen LogP) is 3.04. The molecule has 0 saturated carbocycles. The molecule has 0 aliphatic carbocycles. The molecule has 1 N–H and O–H groups in total. The number of guanidine groups is 1. The van der Waals surface area contributed by atoms with Gasteiger partial charge in [0.2, 0.25) is 0 Å². The van der Waals surface area contributed by atoms with E-state index in [1.165, 1.54) is 17.5 Å². The van der Waals surface area contributed by atoms with Crippen molar-refractivity contribution >= 4 is 29.9 Å². The van der Waals surface area contributed by atoms with Gasteiger partial charge in [0.25, 0.3) is 0 Å². The highest BCUT2D eigenvalue weighted by Gasteiger charge is 2.27. The maximum atomic E-state index is 5.78. The lowest BCUT2D eigenvalue weighted by Crippen LogP contribution is -2.42. The second-order valence-electron chi connectivity index (χ2n) is 7.63. The number of hydrogen-bond acceptors (Lipinski definition) is 3. The molecule has 3 heterocycles. The quantitative estimate of drug-likeness (QED) is 0.403. The minimum absolute atomic E-state index is 0. The van der Waals surface area contributed by atoms with Crippen LogP contribution in [0.4, 0.5) is 0 Å². The summed E-state index contributed by atoms with van der Waals surface area (Å²) >= 11 is 0. The van der Waals surface area contributed by atoms with E-state index in [4.69, 9.17) is 4.74 Å². The molecular weight excluding hydrogens is 465 g/mol. The van der Waals surface area contributed by atoms with Gasteiger partial charge in [0.15, 0.2) is 5.96 Å². The van der Waals surface area contributed by atoms with E-state index in [1.807, 2.05) is 31.0 Å². The summed E-state index contributed by atoms with van der Waals surface area (Å²) in [6, 6.07) is 8.39. The number of nitrogens with one attached hydrogen (secondary N) is 1. The molecule has 152 valence electrons. The molecule has 2 unspecified atom stereocenters. The Hall–Kier alpha value is -1.77. The molecule has 1 saturated heterocycles. The molecule has 4 rings (SSSR count). The number of aromatic nitrogens is 2. The fourth-order valence-electron chi connectivity index (χ4n) is 4.28. The van der Waals surface area contributed by atoms with Gasteiger partial charge in [-0.25, -0.2) is 0 Å². The molecule has 28 heavy (non-hydrogen) atoms. The first kappa shape index (κ1) is 21.0. The van der Waals surface area contributed by atoms with Crippen LogP contribution in [0.2, 0.25) is 0 Å².